The van der Waals surface area contributed by atoms with E-state index < -0.39 is 5.82 Å². The number of ketones is 1. The van der Waals surface area contributed by atoms with Crippen molar-refractivity contribution < 1.29 is 13.9 Å². The lowest BCUT2D eigenvalue weighted by Gasteiger charge is -2.16. The van der Waals surface area contributed by atoms with Gasteiger partial charge in [0.2, 0.25) is 5.90 Å². The monoisotopic (exact) mass is 354 g/mol. The van der Waals surface area contributed by atoms with E-state index in [9.17, 15) is 9.18 Å². The number of hydrogen-bond acceptors (Lipinski definition) is 4. The molecule has 0 aromatic heterocycles. The van der Waals surface area contributed by atoms with Crippen LogP contribution in [-0.2, 0) is 11.2 Å². The number of benzene rings is 2. The van der Waals surface area contributed by atoms with E-state index in [0.717, 1.165) is 5.56 Å². The van der Waals surface area contributed by atoms with Crippen LogP contribution in [0, 0.1) is 22.6 Å². The Bertz CT molecular complexity index is 855. The Balaban J connectivity index is 2.56. The molecule has 0 aliphatic carbocycles. The van der Waals surface area contributed by atoms with Gasteiger partial charge in [-0.05, 0) is 35.7 Å². The number of carbonyl (C=O) groups excluding carboxylic acids is 1. The molecule has 0 atom stereocenters. The van der Waals surface area contributed by atoms with Crippen molar-refractivity contribution >= 4 is 17.6 Å². The molecule has 0 amide bonds. The van der Waals surface area contributed by atoms with Gasteiger partial charge in [-0.3, -0.25) is 15.6 Å². The zero-order valence-corrected chi connectivity index (χ0v) is 15.4. The molecule has 0 bridgehead atoms. The van der Waals surface area contributed by atoms with E-state index >= 15 is 0 Å². The number of nitrogens with one attached hydrogen (secondary N) is 2. The molecule has 26 heavy (non-hydrogen) atoms. The van der Waals surface area contributed by atoms with Gasteiger partial charge in [-0.15, -0.1) is 0 Å². The van der Waals surface area contributed by atoms with Crippen LogP contribution >= 0.6 is 0 Å². The van der Waals surface area contributed by atoms with Crippen LogP contribution in [-0.4, -0.2) is 17.6 Å². The lowest BCUT2D eigenvalue weighted by Crippen LogP contribution is -2.13. The van der Waals surface area contributed by atoms with Crippen LogP contribution in [0.15, 0.2) is 36.4 Å². The third-order valence-electron chi connectivity index (χ3n) is 4.08. The molecule has 136 valence electrons. The minimum Gasteiger partial charge on any atom is -0.426 e. The van der Waals surface area contributed by atoms with Gasteiger partial charge in [-0.25, -0.2) is 4.39 Å². The third-order valence-corrected chi connectivity index (χ3v) is 4.08. The average molecular weight is 354 g/mol. The highest BCUT2D eigenvalue weighted by molar-refractivity contribution is 6.05. The van der Waals surface area contributed by atoms with E-state index in [4.69, 9.17) is 15.6 Å². The second-order valence-corrected chi connectivity index (χ2v) is 6.39. The number of ether oxygens (including phenoxy) is 1. The van der Waals surface area contributed by atoms with Gasteiger partial charge in [0.05, 0.1) is 0 Å². The van der Waals surface area contributed by atoms with Gasteiger partial charge >= 0.3 is 0 Å². The molecule has 0 aliphatic rings. The van der Waals surface area contributed by atoms with Crippen molar-refractivity contribution in [2.75, 3.05) is 0 Å². The van der Waals surface area contributed by atoms with Crippen molar-refractivity contribution in [2.45, 2.75) is 34.1 Å². The molecule has 2 aromatic rings. The molecule has 0 saturated heterocycles. The van der Waals surface area contributed by atoms with E-state index in [1.807, 2.05) is 6.92 Å². The molecule has 2 aromatic carbocycles. The summed E-state index contributed by atoms with van der Waals surface area (Å²) in [5.41, 5.74) is 2.59. The second-order valence-electron chi connectivity index (χ2n) is 6.39. The van der Waals surface area contributed by atoms with Gasteiger partial charge < -0.3 is 4.74 Å². The number of carbonyl (C=O) groups is 1. The van der Waals surface area contributed by atoms with Crippen LogP contribution in [0.4, 0.5) is 4.39 Å². The van der Waals surface area contributed by atoms with Crippen LogP contribution < -0.4 is 0 Å². The summed E-state index contributed by atoms with van der Waals surface area (Å²) in [7, 11) is 0. The quantitative estimate of drug-likeness (QED) is 0.438. The van der Waals surface area contributed by atoms with Gasteiger partial charge in [0.25, 0.3) is 0 Å². The number of rotatable bonds is 5. The predicted molar refractivity (Wildman–Crippen MR) is 102 cm³/mol. The SMILES string of the molecule is CCc1ccc(F)c(-c2ccc(C(=N)OC(C)=N)cc2)c1C(=O)C(C)C. The number of Topliss-reactive ketones (excluding diaryl/α,β-unsaturated/α-hetero) is 1. The molecule has 0 heterocycles. The van der Waals surface area contributed by atoms with Gasteiger partial charge in [0.15, 0.2) is 11.7 Å². The molecular formula is C21H23FN2O2. The maximum Gasteiger partial charge on any atom is 0.220 e. The summed E-state index contributed by atoms with van der Waals surface area (Å²) in [4.78, 5) is 12.7. The largest absolute Gasteiger partial charge is 0.426 e. The Labute approximate surface area is 153 Å². The number of halogens is 1. The molecule has 5 heteroatoms. The average Bonchev–Trinajstić information content (AvgIpc) is 2.60. The van der Waals surface area contributed by atoms with Crippen LogP contribution in [0.3, 0.4) is 0 Å². The zero-order chi connectivity index (χ0) is 19.4. The van der Waals surface area contributed by atoms with E-state index in [1.54, 1.807) is 44.2 Å². The Kier molecular flexibility index (Phi) is 6.03. The molecule has 2 N–H and O–H groups in total. The van der Waals surface area contributed by atoms with Crippen LogP contribution in [0.5, 0.6) is 0 Å². The number of aryl methyl sites for hydroxylation is 1. The molecule has 4 nitrogen and oxygen atoms in total. The van der Waals surface area contributed by atoms with E-state index in [-0.39, 0.29) is 23.5 Å². The topological polar surface area (TPSA) is 74.0 Å². The minimum absolute atomic E-state index is 0.0782. The van der Waals surface area contributed by atoms with Crippen molar-refractivity contribution in [3.8, 4) is 11.1 Å². The first-order valence-corrected chi connectivity index (χ1v) is 8.54. The lowest BCUT2D eigenvalue weighted by molar-refractivity contribution is 0.0938. The maximum absolute atomic E-state index is 14.7. The molecule has 0 radical (unpaired) electrons. The fraction of sp³-hybridized carbons (Fsp3) is 0.286. The van der Waals surface area contributed by atoms with Crippen molar-refractivity contribution in [3.05, 3.63) is 58.9 Å². The summed E-state index contributed by atoms with van der Waals surface area (Å²) in [6, 6.07) is 9.65. The lowest BCUT2D eigenvalue weighted by atomic mass is 9.87. The zero-order valence-electron chi connectivity index (χ0n) is 15.4. The highest BCUT2D eigenvalue weighted by Gasteiger charge is 2.22. The fourth-order valence-electron chi connectivity index (χ4n) is 2.77. The van der Waals surface area contributed by atoms with Gasteiger partial charge in [0.1, 0.15) is 5.82 Å². The van der Waals surface area contributed by atoms with E-state index in [2.05, 4.69) is 0 Å². The van der Waals surface area contributed by atoms with Gasteiger partial charge in [0, 0.05) is 29.5 Å². The molecular weight excluding hydrogens is 331 g/mol. The molecule has 0 spiro atoms. The van der Waals surface area contributed by atoms with Crippen LogP contribution in [0.2, 0.25) is 0 Å². The summed E-state index contributed by atoms with van der Waals surface area (Å²) < 4.78 is 19.6. The highest BCUT2D eigenvalue weighted by Crippen LogP contribution is 2.32. The Morgan fingerprint density at radius 3 is 2.23 bits per heavy atom. The first-order chi connectivity index (χ1) is 12.3. The Hall–Kier alpha value is -2.82. The second kappa shape index (κ2) is 8.04. The summed E-state index contributed by atoms with van der Waals surface area (Å²) in [5, 5.41) is 15.1. The van der Waals surface area contributed by atoms with Gasteiger partial charge in [-0.2, -0.15) is 0 Å². The first-order valence-electron chi connectivity index (χ1n) is 8.54. The minimum atomic E-state index is -0.444. The molecule has 0 saturated carbocycles. The highest BCUT2D eigenvalue weighted by atomic mass is 19.1. The maximum atomic E-state index is 14.7. The van der Waals surface area contributed by atoms with E-state index in [0.29, 0.717) is 28.7 Å². The van der Waals surface area contributed by atoms with Crippen molar-refractivity contribution in [1.82, 2.24) is 0 Å². The molecule has 0 aliphatic heterocycles. The fourth-order valence-corrected chi connectivity index (χ4v) is 2.77. The Morgan fingerprint density at radius 1 is 1.12 bits per heavy atom. The number of hydrogen-bond donors (Lipinski definition) is 2. The van der Waals surface area contributed by atoms with Crippen molar-refractivity contribution in [1.29, 1.82) is 10.8 Å². The standard InChI is InChI=1S/C21H23FN2O2/c1-5-14-10-11-17(22)18(19(14)20(25)12(2)3)15-6-8-16(9-7-15)21(24)26-13(4)23/h6-12,23-24H,5H2,1-4H3. The third kappa shape index (κ3) is 4.04. The van der Waals surface area contributed by atoms with Crippen molar-refractivity contribution in [2.24, 2.45) is 5.92 Å². The van der Waals surface area contributed by atoms with Gasteiger partial charge in [-0.1, -0.05) is 39.0 Å². The van der Waals surface area contributed by atoms with Crippen LogP contribution in [0.1, 0.15) is 49.2 Å². The summed E-state index contributed by atoms with van der Waals surface area (Å²) in [6.45, 7) is 6.99. The van der Waals surface area contributed by atoms with E-state index in [1.165, 1.54) is 13.0 Å². The Morgan fingerprint density at radius 2 is 1.73 bits per heavy atom. The summed E-state index contributed by atoms with van der Waals surface area (Å²) in [5.74, 6) is -0.996. The summed E-state index contributed by atoms with van der Waals surface area (Å²) in [6.07, 6.45) is 0.635. The first kappa shape index (κ1) is 19.5. The van der Waals surface area contributed by atoms with Crippen LogP contribution in [0.25, 0.3) is 11.1 Å². The predicted octanol–water partition coefficient (Wildman–Crippen LogP) is 5.23. The molecule has 0 fully saturated rings. The smallest absolute Gasteiger partial charge is 0.220 e. The van der Waals surface area contributed by atoms with Crippen molar-refractivity contribution in [3.63, 3.8) is 0 Å². The normalized spacial score (nSPS) is 10.7. The summed E-state index contributed by atoms with van der Waals surface area (Å²) >= 11 is 0. The molecule has 0 unspecified atom stereocenters. The molecule has 2 rings (SSSR count).